The molecule has 0 bridgehead atoms. The van der Waals surface area contributed by atoms with Crippen molar-refractivity contribution in [2.45, 2.75) is 39.7 Å². The number of benzene rings is 1. The number of hydrogen-bond acceptors (Lipinski definition) is 4. The van der Waals surface area contributed by atoms with E-state index in [0.717, 1.165) is 0 Å². The molecule has 120 valence electrons. The Balaban J connectivity index is 2.43. The minimum absolute atomic E-state index is 0.0138. The van der Waals surface area contributed by atoms with Crippen LogP contribution in [0.2, 0.25) is 0 Å². The molecular weight excluding hydrogens is 282 g/mol. The van der Waals surface area contributed by atoms with Crippen LogP contribution < -0.4 is 9.64 Å². The van der Waals surface area contributed by atoms with Crippen LogP contribution in [0.25, 0.3) is 0 Å². The van der Waals surface area contributed by atoms with Gasteiger partial charge in [0, 0.05) is 25.1 Å². The first-order valence-corrected chi connectivity index (χ1v) is 7.75. The second-order valence-electron chi connectivity index (χ2n) is 5.81. The zero-order valence-electron chi connectivity index (χ0n) is 13.3. The number of rotatable bonds is 6. The number of anilines is 1. The van der Waals surface area contributed by atoms with Crippen LogP contribution in [0.1, 0.15) is 44.0 Å². The molecule has 0 aliphatic carbocycles. The van der Waals surface area contributed by atoms with Gasteiger partial charge in [-0.1, -0.05) is 20.8 Å². The maximum Gasteiger partial charge on any atom is 0.268 e. The summed E-state index contributed by atoms with van der Waals surface area (Å²) in [6, 6.07) is 5.21. The Labute approximate surface area is 130 Å². The van der Waals surface area contributed by atoms with Crippen molar-refractivity contribution in [2.75, 3.05) is 18.1 Å². The number of hydrogen-bond donors (Lipinski definition) is 1. The van der Waals surface area contributed by atoms with E-state index in [-0.39, 0.29) is 24.2 Å². The molecule has 1 aromatic carbocycles. The summed E-state index contributed by atoms with van der Waals surface area (Å²) in [5, 5.41) is 9.06. The van der Waals surface area contributed by atoms with Crippen LogP contribution in [-0.4, -0.2) is 36.1 Å². The number of nitrogens with zero attached hydrogens (tertiary/aromatic N) is 1. The summed E-state index contributed by atoms with van der Waals surface area (Å²) in [5.74, 6) is 0.582. The van der Waals surface area contributed by atoms with E-state index in [4.69, 9.17) is 9.84 Å². The third-order valence-corrected chi connectivity index (χ3v) is 3.80. The van der Waals surface area contributed by atoms with Gasteiger partial charge in [0.15, 0.2) is 11.9 Å². The van der Waals surface area contributed by atoms with Gasteiger partial charge in [0.1, 0.15) is 5.75 Å². The zero-order chi connectivity index (χ0) is 16.3. The zero-order valence-corrected chi connectivity index (χ0v) is 13.3. The quantitative estimate of drug-likeness (QED) is 0.820. The molecule has 5 nitrogen and oxygen atoms in total. The summed E-state index contributed by atoms with van der Waals surface area (Å²) in [7, 11) is 0. The lowest BCUT2D eigenvalue weighted by Crippen LogP contribution is -2.48. The summed E-state index contributed by atoms with van der Waals surface area (Å²) in [6.07, 6.45) is 0.375. The van der Waals surface area contributed by atoms with E-state index in [0.29, 0.717) is 36.4 Å². The number of aliphatic hydroxyl groups excluding tert-OH is 1. The number of aliphatic hydroxyl groups is 1. The molecule has 1 heterocycles. The minimum Gasteiger partial charge on any atom is -0.478 e. The molecule has 0 saturated heterocycles. The van der Waals surface area contributed by atoms with Crippen LogP contribution in [0.4, 0.5) is 5.69 Å². The van der Waals surface area contributed by atoms with Gasteiger partial charge < -0.3 is 14.7 Å². The summed E-state index contributed by atoms with van der Waals surface area (Å²) in [5.41, 5.74) is 1.20. The van der Waals surface area contributed by atoms with Crippen LogP contribution in [0, 0.1) is 5.92 Å². The van der Waals surface area contributed by atoms with Gasteiger partial charge in [-0.15, -0.1) is 0 Å². The summed E-state index contributed by atoms with van der Waals surface area (Å²) in [6.45, 7) is 6.11. The molecule has 1 aliphatic rings. The van der Waals surface area contributed by atoms with E-state index < -0.39 is 6.10 Å². The Bertz CT molecular complexity index is 568. The maximum absolute atomic E-state index is 12.6. The van der Waals surface area contributed by atoms with Crippen LogP contribution in [0.5, 0.6) is 5.75 Å². The van der Waals surface area contributed by atoms with Crippen molar-refractivity contribution < 1.29 is 19.4 Å². The lowest BCUT2D eigenvalue weighted by Gasteiger charge is -2.36. The van der Waals surface area contributed by atoms with Crippen LogP contribution >= 0.6 is 0 Å². The van der Waals surface area contributed by atoms with Gasteiger partial charge in [-0.25, -0.2) is 0 Å². The molecule has 2 rings (SSSR count). The van der Waals surface area contributed by atoms with Crippen LogP contribution in [-0.2, 0) is 4.79 Å². The van der Waals surface area contributed by atoms with Crippen molar-refractivity contribution in [1.29, 1.82) is 0 Å². The lowest BCUT2D eigenvalue weighted by atomic mass is 10.0. The van der Waals surface area contributed by atoms with E-state index >= 15 is 0 Å². The number of ether oxygens (including phenoxy) is 1. The molecule has 0 spiro atoms. The lowest BCUT2D eigenvalue weighted by molar-refractivity contribution is -0.128. The number of fused-ring (bicyclic) bond motifs is 1. The van der Waals surface area contributed by atoms with Crippen molar-refractivity contribution in [3.05, 3.63) is 23.8 Å². The van der Waals surface area contributed by atoms with Crippen LogP contribution in [0.15, 0.2) is 18.2 Å². The Morgan fingerprint density at radius 3 is 2.73 bits per heavy atom. The largest absolute Gasteiger partial charge is 0.478 e. The van der Waals surface area contributed by atoms with E-state index in [1.165, 1.54) is 0 Å². The SMILES string of the molecule is CCC(=O)c1ccc2c(c1)N(CCCO)C(=O)C(C(C)C)O2. The molecule has 22 heavy (non-hydrogen) atoms. The normalized spacial score (nSPS) is 17.4. The molecule has 1 aliphatic heterocycles. The summed E-state index contributed by atoms with van der Waals surface area (Å²) in [4.78, 5) is 26.1. The van der Waals surface area contributed by atoms with Gasteiger partial charge in [-0.3, -0.25) is 9.59 Å². The molecule has 1 aromatic rings. The fourth-order valence-corrected chi connectivity index (χ4v) is 2.55. The van der Waals surface area contributed by atoms with E-state index in [1.807, 2.05) is 20.8 Å². The first-order chi connectivity index (χ1) is 10.5. The molecule has 1 unspecified atom stereocenters. The average Bonchev–Trinajstić information content (AvgIpc) is 2.52. The highest BCUT2D eigenvalue weighted by Gasteiger charge is 2.36. The van der Waals surface area contributed by atoms with Gasteiger partial charge in [-0.2, -0.15) is 0 Å². The smallest absolute Gasteiger partial charge is 0.268 e. The molecule has 0 aromatic heterocycles. The predicted molar refractivity (Wildman–Crippen MR) is 84.4 cm³/mol. The van der Waals surface area contributed by atoms with Crippen LogP contribution in [0.3, 0.4) is 0 Å². The van der Waals surface area contributed by atoms with Gasteiger partial charge in [-0.05, 0) is 30.5 Å². The first kappa shape index (κ1) is 16.5. The number of carbonyl (C=O) groups excluding carboxylic acids is 2. The second kappa shape index (κ2) is 6.92. The van der Waals surface area contributed by atoms with Gasteiger partial charge in [0.2, 0.25) is 0 Å². The van der Waals surface area contributed by atoms with Crippen molar-refractivity contribution in [2.24, 2.45) is 5.92 Å². The van der Waals surface area contributed by atoms with Crippen molar-refractivity contribution in [1.82, 2.24) is 0 Å². The predicted octanol–water partition coefficient (Wildman–Crippen LogP) is 2.41. The number of amides is 1. The molecule has 1 amide bonds. The number of Topliss-reactive ketones (excluding diaryl/α,β-unsaturated/α-hetero) is 1. The van der Waals surface area contributed by atoms with Gasteiger partial charge in [0.05, 0.1) is 5.69 Å². The summed E-state index contributed by atoms with van der Waals surface area (Å²) >= 11 is 0. The molecule has 5 heteroatoms. The topological polar surface area (TPSA) is 66.8 Å². The monoisotopic (exact) mass is 305 g/mol. The molecule has 0 fully saturated rings. The average molecular weight is 305 g/mol. The standard InChI is InChI=1S/C17H23NO4/c1-4-14(20)12-6-7-15-13(10-12)18(8-5-9-19)17(21)16(22-15)11(2)3/h6-7,10-11,16,19H,4-5,8-9H2,1-3H3. The van der Waals surface area contributed by atoms with Crippen molar-refractivity contribution >= 4 is 17.4 Å². The third-order valence-electron chi connectivity index (χ3n) is 3.80. The van der Waals surface area contributed by atoms with Crippen molar-refractivity contribution in [3.63, 3.8) is 0 Å². The Kier molecular flexibility index (Phi) is 5.19. The molecule has 0 radical (unpaired) electrons. The van der Waals surface area contributed by atoms with Gasteiger partial charge >= 0.3 is 0 Å². The Morgan fingerprint density at radius 1 is 1.41 bits per heavy atom. The van der Waals surface area contributed by atoms with E-state index in [1.54, 1.807) is 23.1 Å². The highest BCUT2D eigenvalue weighted by molar-refractivity contribution is 6.03. The van der Waals surface area contributed by atoms with Gasteiger partial charge in [0.25, 0.3) is 5.91 Å². The fraction of sp³-hybridized carbons (Fsp3) is 0.529. The maximum atomic E-state index is 12.6. The van der Waals surface area contributed by atoms with E-state index in [9.17, 15) is 9.59 Å². The highest BCUT2D eigenvalue weighted by atomic mass is 16.5. The highest BCUT2D eigenvalue weighted by Crippen LogP contribution is 2.36. The fourth-order valence-electron chi connectivity index (χ4n) is 2.55. The molecular formula is C17H23NO4. The summed E-state index contributed by atoms with van der Waals surface area (Å²) < 4.78 is 5.82. The number of ketones is 1. The molecule has 1 N–H and O–H groups in total. The van der Waals surface area contributed by atoms with Crippen molar-refractivity contribution in [3.8, 4) is 5.75 Å². The second-order valence-corrected chi connectivity index (χ2v) is 5.81. The first-order valence-electron chi connectivity index (χ1n) is 7.75. The molecule has 1 atom stereocenters. The Morgan fingerprint density at radius 2 is 2.14 bits per heavy atom. The molecule has 0 saturated carbocycles. The number of carbonyl (C=O) groups is 2. The Hall–Kier alpha value is -1.88. The minimum atomic E-state index is -0.529. The van der Waals surface area contributed by atoms with E-state index in [2.05, 4.69) is 0 Å². The third kappa shape index (κ3) is 3.14.